The second-order valence-corrected chi connectivity index (χ2v) is 7.66. The summed E-state index contributed by atoms with van der Waals surface area (Å²) in [5, 5.41) is 16.0. The molecule has 30 heavy (non-hydrogen) atoms. The molecular formula is C26H24N2O2. The SMILES string of the molecule is Cc1ccc(/C=C/C2=NN(c3ccc(C(=O)O)cc3)[C@H](c3ccc(C)cc3)C2)cc1. The topological polar surface area (TPSA) is 52.9 Å². The van der Waals surface area contributed by atoms with Gasteiger partial charge in [0, 0.05) is 6.42 Å². The number of carboxylic acid groups (broad SMARTS) is 1. The fraction of sp³-hybridized carbons (Fsp3) is 0.154. The van der Waals surface area contributed by atoms with Crippen molar-refractivity contribution in [3.8, 4) is 0 Å². The summed E-state index contributed by atoms with van der Waals surface area (Å²) in [6.07, 6.45) is 4.94. The van der Waals surface area contributed by atoms with Crippen LogP contribution in [0.25, 0.3) is 6.08 Å². The lowest BCUT2D eigenvalue weighted by molar-refractivity contribution is 0.0697. The molecule has 1 N–H and O–H groups in total. The maximum Gasteiger partial charge on any atom is 0.335 e. The first-order chi connectivity index (χ1) is 14.5. The van der Waals surface area contributed by atoms with Gasteiger partial charge >= 0.3 is 5.97 Å². The van der Waals surface area contributed by atoms with Gasteiger partial charge in [-0.3, -0.25) is 5.01 Å². The Hall–Kier alpha value is -3.66. The van der Waals surface area contributed by atoms with Crippen LogP contribution in [0, 0.1) is 13.8 Å². The Balaban J connectivity index is 1.65. The summed E-state index contributed by atoms with van der Waals surface area (Å²) in [5.41, 5.74) is 6.92. The molecule has 0 radical (unpaired) electrons. The molecule has 1 atom stereocenters. The molecule has 0 fully saturated rings. The molecule has 0 unspecified atom stereocenters. The van der Waals surface area contributed by atoms with Crippen molar-refractivity contribution in [3.05, 3.63) is 107 Å². The molecule has 0 bridgehead atoms. The molecule has 0 aliphatic carbocycles. The summed E-state index contributed by atoms with van der Waals surface area (Å²) in [5.74, 6) is -0.928. The summed E-state index contributed by atoms with van der Waals surface area (Å²) >= 11 is 0. The third-order valence-corrected chi connectivity index (χ3v) is 5.32. The highest BCUT2D eigenvalue weighted by molar-refractivity contribution is 6.01. The molecule has 0 aromatic heterocycles. The van der Waals surface area contributed by atoms with Crippen molar-refractivity contribution in [2.75, 3.05) is 5.01 Å². The molecule has 0 saturated carbocycles. The second kappa shape index (κ2) is 8.37. The number of rotatable bonds is 5. The maximum atomic E-state index is 11.2. The predicted octanol–water partition coefficient (Wildman–Crippen LogP) is 6.02. The van der Waals surface area contributed by atoms with Gasteiger partial charge in [-0.2, -0.15) is 5.10 Å². The van der Waals surface area contributed by atoms with E-state index >= 15 is 0 Å². The minimum atomic E-state index is -0.928. The number of aromatic carboxylic acids is 1. The summed E-state index contributed by atoms with van der Waals surface area (Å²) in [4.78, 5) is 11.2. The zero-order chi connectivity index (χ0) is 21.1. The maximum absolute atomic E-state index is 11.2. The van der Waals surface area contributed by atoms with Gasteiger partial charge in [-0.1, -0.05) is 65.7 Å². The number of nitrogens with zero attached hydrogens (tertiary/aromatic N) is 2. The fourth-order valence-corrected chi connectivity index (χ4v) is 3.55. The number of carbonyl (C=O) groups is 1. The van der Waals surface area contributed by atoms with E-state index in [4.69, 9.17) is 5.10 Å². The van der Waals surface area contributed by atoms with Crippen LogP contribution in [-0.4, -0.2) is 16.8 Å². The molecule has 4 heteroatoms. The molecule has 1 aliphatic heterocycles. The van der Waals surface area contributed by atoms with Crippen LogP contribution in [0.1, 0.15) is 45.1 Å². The Morgan fingerprint density at radius 2 is 1.50 bits per heavy atom. The van der Waals surface area contributed by atoms with Gasteiger partial charge in [-0.25, -0.2) is 4.79 Å². The number of benzene rings is 3. The van der Waals surface area contributed by atoms with Gasteiger partial charge in [-0.15, -0.1) is 0 Å². The Morgan fingerprint density at radius 3 is 2.10 bits per heavy atom. The van der Waals surface area contributed by atoms with E-state index in [0.717, 1.165) is 23.4 Å². The monoisotopic (exact) mass is 396 g/mol. The van der Waals surface area contributed by atoms with Crippen molar-refractivity contribution < 1.29 is 9.90 Å². The molecule has 4 rings (SSSR count). The highest BCUT2D eigenvalue weighted by atomic mass is 16.4. The van der Waals surface area contributed by atoms with E-state index in [2.05, 4.69) is 74.5 Å². The molecule has 0 spiro atoms. The van der Waals surface area contributed by atoms with Crippen molar-refractivity contribution in [2.24, 2.45) is 5.10 Å². The van der Waals surface area contributed by atoms with Gasteiger partial charge in [0.1, 0.15) is 0 Å². The number of hydrogen-bond acceptors (Lipinski definition) is 3. The van der Waals surface area contributed by atoms with E-state index in [0.29, 0.717) is 0 Å². The van der Waals surface area contributed by atoms with E-state index < -0.39 is 5.97 Å². The van der Waals surface area contributed by atoms with Crippen LogP contribution in [0.5, 0.6) is 0 Å². The van der Waals surface area contributed by atoms with Gasteiger partial charge in [0.15, 0.2) is 0 Å². The molecule has 0 saturated heterocycles. The molecule has 3 aromatic carbocycles. The van der Waals surface area contributed by atoms with E-state index in [1.165, 1.54) is 16.7 Å². The van der Waals surface area contributed by atoms with Crippen molar-refractivity contribution >= 4 is 23.4 Å². The lowest BCUT2D eigenvalue weighted by atomic mass is 9.99. The molecular weight excluding hydrogens is 372 g/mol. The lowest BCUT2D eigenvalue weighted by Gasteiger charge is -2.24. The van der Waals surface area contributed by atoms with Crippen LogP contribution in [0.15, 0.2) is 84.0 Å². The van der Waals surface area contributed by atoms with Gasteiger partial charge < -0.3 is 5.11 Å². The number of aryl methyl sites for hydroxylation is 2. The van der Waals surface area contributed by atoms with Gasteiger partial charge in [-0.05, 0) is 55.3 Å². The Labute approximate surface area is 176 Å². The van der Waals surface area contributed by atoms with Crippen molar-refractivity contribution in [1.29, 1.82) is 0 Å². The molecule has 1 aliphatic rings. The van der Waals surface area contributed by atoms with Gasteiger partial charge in [0.05, 0.1) is 23.0 Å². The van der Waals surface area contributed by atoms with Crippen LogP contribution >= 0.6 is 0 Å². The first kappa shape index (κ1) is 19.6. The molecule has 3 aromatic rings. The highest BCUT2D eigenvalue weighted by Gasteiger charge is 2.28. The normalized spacial score (nSPS) is 16.1. The zero-order valence-corrected chi connectivity index (χ0v) is 17.1. The van der Waals surface area contributed by atoms with Crippen molar-refractivity contribution in [3.63, 3.8) is 0 Å². The third-order valence-electron chi connectivity index (χ3n) is 5.32. The lowest BCUT2D eigenvalue weighted by Crippen LogP contribution is -2.18. The zero-order valence-electron chi connectivity index (χ0n) is 17.1. The predicted molar refractivity (Wildman–Crippen MR) is 122 cm³/mol. The number of hydrogen-bond donors (Lipinski definition) is 1. The van der Waals surface area contributed by atoms with E-state index in [-0.39, 0.29) is 11.6 Å². The first-order valence-corrected chi connectivity index (χ1v) is 10.0. The van der Waals surface area contributed by atoms with E-state index in [9.17, 15) is 9.90 Å². The Morgan fingerprint density at radius 1 is 0.900 bits per heavy atom. The van der Waals surface area contributed by atoms with Crippen LogP contribution in [0.4, 0.5) is 5.69 Å². The molecule has 0 amide bonds. The number of hydrazone groups is 1. The Kier molecular flexibility index (Phi) is 5.48. The largest absolute Gasteiger partial charge is 0.478 e. The minimum absolute atomic E-state index is 0.0685. The third kappa shape index (κ3) is 4.33. The van der Waals surface area contributed by atoms with Gasteiger partial charge in [0.2, 0.25) is 0 Å². The van der Waals surface area contributed by atoms with Crippen LogP contribution in [0.2, 0.25) is 0 Å². The number of anilines is 1. The highest BCUT2D eigenvalue weighted by Crippen LogP contribution is 2.35. The fourth-order valence-electron chi connectivity index (χ4n) is 3.55. The van der Waals surface area contributed by atoms with E-state index in [1.807, 2.05) is 17.1 Å². The van der Waals surface area contributed by atoms with Crippen LogP contribution in [0.3, 0.4) is 0 Å². The molecule has 150 valence electrons. The first-order valence-electron chi connectivity index (χ1n) is 10.0. The molecule has 4 nitrogen and oxygen atoms in total. The smallest absolute Gasteiger partial charge is 0.335 e. The summed E-state index contributed by atoms with van der Waals surface area (Å²) in [6.45, 7) is 4.15. The second-order valence-electron chi connectivity index (χ2n) is 7.66. The Bertz CT molecular complexity index is 1100. The molecule has 1 heterocycles. The number of allylic oxidation sites excluding steroid dienone is 1. The van der Waals surface area contributed by atoms with Crippen molar-refractivity contribution in [1.82, 2.24) is 0 Å². The number of carboxylic acids is 1. The van der Waals surface area contributed by atoms with Crippen LogP contribution in [-0.2, 0) is 0 Å². The van der Waals surface area contributed by atoms with Crippen molar-refractivity contribution in [2.45, 2.75) is 26.3 Å². The summed E-state index contributed by atoms with van der Waals surface area (Å²) < 4.78 is 0. The standard InChI is InChI=1S/C26H24N2O2/c1-18-3-7-20(8-4-18)9-14-23-17-25(21-10-5-19(2)6-11-21)28(27-23)24-15-12-22(13-16-24)26(29)30/h3-16,25H,17H2,1-2H3,(H,29,30)/b14-9+/t25-/m0/s1. The average Bonchev–Trinajstić information content (AvgIpc) is 3.18. The summed E-state index contributed by atoms with van der Waals surface area (Å²) in [7, 11) is 0. The average molecular weight is 396 g/mol. The van der Waals surface area contributed by atoms with Crippen LogP contribution < -0.4 is 5.01 Å². The van der Waals surface area contributed by atoms with Gasteiger partial charge in [0.25, 0.3) is 0 Å². The summed E-state index contributed by atoms with van der Waals surface area (Å²) in [6, 6.07) is 23.9. The quantitative estimate of drug-likeness (QED) is 0.573. The van der Waals surface area contributed by atoms with E-state index in [1.54, 1.807) is 12.1 Å². The minimum Gasteiger partial charge on any atom is -0.478 e.